The summed E-state index contributed by atoms with van der Waals surface area (Å²) in [5.74, 6) is -0.0903. The Balaban J connectivity index is 2.02. The lowest BCUT2D eigenvalue weighted by atomic mass is 9.87. The molecule has 2 N–H and O–H groups in total. The van der Waals surface area contributed by atoms with Crippen LogP contribution in [0.15, 0.2) is 65.7 Å². The highest BCUT2D eigenvalue weighted by Crippen LogP contribution is 2.22. The minimum absolute atomic E-state index is 0.0699. The first-order chi connectivity index (χ1) is 12.7. The lowest BCUT2D eigenvalue weighted by Crippen LogP contribution is -2.23. The molecule has 0 aromatic heterocycles. The van der Waals surface area contributed by atoms with Crippen LogP contribution in [0.5, 0.6) is 0 Å². The van der Waals surface area contributed by atoms with Gasteiger partial charge in [-0.2, -0.15) is 0 Å². The summed E-state index contributed by atoms with van der Waals surface area (Å²) in [6.07, 6.45) is 1.02. The molecule has 2 rings (SSSR count). The van der Waals surface area contributed by atoms with Gasteiger partial charge in [-0.05, 0) is 41.2 Å². The molecule has 2 aromatic carbocycles. The van der Waals surface area contributed by atoms with Crippen molar-refractivity contribution in [2.24, 2.45) is 4.99 Å². The number of hydrogen-bond donors (Lipinski definition) is 2. The SMILES string of the molecule is C=C(C)C(=NC=N)c1ccc(CNC(=O)c2ccc(C(C)(C)C)cc2)cc1. The van der Waals surface area contributed by atoms with E-state index in [0.29, 0.717) is 17.8 Å². The summed E-state index contributed by atoms with van der Waals surface area (Å²) in [4.78, 5) is 16.4. The number of allylic oxidation sites excluding steroid dienone is 1. The Kier molecular flexibility index (Phi) is 6.45. The second-order valence-electron chi connectivity index (χ2n) is 7.59. The summed E-state index contributed by atoms with van der Waals surface area (Å²) in [5.41, 5.74) is 5.32. The Hall–Kier alpha value is -3.01. The second kappa shape index (κ2) is 8.58. The number of benzene rings is 2. The number of rotatable bonds is 6. The topological polar surface area (TPSA) is 65.3 Å². The van der Waals surface area contributed by atoms with E-state index < -0.39 is 0 Å². The van der Waals surface area contributed by atoms with E-state index >= 15 is 0 Å². The van der Waals surface area contributed by atoms with Crippen LogP contribution in [-0.2, 0) is 12.0 Å². The molecular weight excluding hydrogens is 334 g/mol. The Morgan fingerprint density at radius 2 is 1.63 bits per heavy atom. The Morgan fingerprint density at radius 3 is 2.11 bits per heavy atom. The number of nitrogens with zero attached hydrogens (tertiary/aromatic N) is 1. The minimum atomic E-state index is -0.0903. The molecule has 4 nitrogen and oxygen atoms in total. The quantitative estimate of drug-likeness (QED) is 0.558. The van der Waals surface area contributed by atoms with E-state index in [1.807, 2.05) is 55.5 Å². The maximum absolute atomic E-state index is 12.4. The molecule has 1 amide bonds. The summed E-state index contributed by atoms with van der Waals surface area (Å²) in [6.45, 7) is 12.7. The second-order valence-corrected chi connectivity index (χ2v) is 7.59. The highest BCUT2D eigenvalue weighted by molar-refractivity contribution is 6.14. The van der Waals surface area contributed by atoms with Gasteiger partial charge in [-0.15, -0.1) is 0 Å². The van der Waals surface area contributed by atoms with Crippen LogP contribution in [0.25, 0.3) is 0 Å². The fourth-order valence-corrected chi connectivity index (χ4v) is 2.68. The van der Waals surface area contributed by atoms with E-state index in [1.54, 1.807) is 0 Å². The number of hydrogen-bond acceptors (Lipinski definition) is 2. The fourth-order valence-electron chi connectivity index (χ4n) is 2.68. The first-order valence-electron chi connectivity index (χ1n) is 8.93. The standard InChI is InChI=1S/C23H27N3O/c1-16(2)21(26-15-24)18-8-6-17(7-9-18)14-25-22(27)19-10-12-20(13-11-19)23(3,4)5/h6-13,15,24H,1,14H2,2-5H3,(H,25,27). The zero-order valence-electron chi connectivity index (χ0n) is 16.5. The van der Waals surface area contributed by atoms with Crippen molar-refractivity contribution in [2.45, 2.75) is 39.7 Å². The average Bonchev–Trinajstić information content (AvgIpc) is 2.64. The van der Waals surface area contributed by atoms with Crippen molar-refractivity contribution < 1.29 is 4.79 Å². The molecule has 0 aliphatic heterocycles. The molecule has 4 heteroatoms. The highest BCUT2D eigenvalue weighted by Gasteiger charge is 2.14. The van der Waals surface area contributed by atoms with Crippen molar-refractivity contribution in [1.29, 1.82) is 5.41 Å². The normalized spacial score (nSPS) is 11.8. The molecule has 0 spiro atoms. The molecule has 0 radical (unpaired) electrons. The molecule has 0 bridgehead atoms. The smallest absolute Gasteiger partial charge is 0.251 e. The van der Waals surface area contributed by atoms with Crippen molar-refractivity contribution >= 4 is 18.0 Å². The van der Waals surface area contributed by atoms with Gasteiger partial charge in [0.15, 0.2) is 0 Å². The van der Waals surface area contributed by atoms with E-state index in [4.69, 9.17) is 5.41 Å². The van der Waals surface area contributed by atoms with Crippen LogP contribution in [0.4, 0.5) is 0 Å². The van der Waals surface area contributed by atoms with Crippen molar-refractivity contribution in [3.8, 4) is 0 Å². The lowest BCUT2D eigenvalue weighted by molar-refractivity contribution is 0.0951. The Bertz CT molecular complexity index is 854. The van der Waals surface area contributed by atoms with Gasteiger partial charge in [0.1, 0.15) is 6.34 Å². The molecule has 140 valence electrons. The van der Waals surface area contributed by atoms with Gasteiger partial charge in [-0.3, -0.25) is 10.2 Å². The van der Waals surface area contributed by atoms with E-state index in [2.05, 4.69) is 37.7 Å². The van der Waals surface area contributed by atoms with E-state index in [1.165, 1.54) is 5.56 Å². The zero-order chi connectivity index (χ0) is 20.0. The lowest BCUT2D eigenvalue weighted by Gasteiger charge is -2.19. The molecule has 27 heavy (non-hydrogen) atoms. The summed E-state index contributed by atoms with van der Waals surface area (Å²) in [5, 5.41) is 10.1. The molecule has 0 saturated carbocycles. The molecule has 0 saturated heterocycles. The van der Waals surface area contributed by atoms with Crippen LogP contribution >= 0.6 is 0 Å². The fraction of sp³-hybridized carbons (Fsp3) is 0.261. The van der Waals surface area contributed by atoms with Gasteiger partial charge in [0.2, 0.25) is 0 Å². The third-order valence-electron chi connectivity index (χ3n) is 4.29. The number of amides is 1. The number of carbonyl (C=O) groups is 1. The van der Waals surface area contributed by atoms with E-state index in [0.717, 1.165) is 23.0 Å². The molecule has 0 atom stereocenters. The van der Waals surface area contributed by atoms with Gasteiger partial charge >= 0.3 is 0 Å². The Labute approximate surface area is 161 Å². The van der Waals surface area contributed by atoms with E-state index in [9.17, 15) is 4.79 Å². The molecule has 0 heterocycles. The first-order valence-corrected chi connectivity index (χ1v) is 8.93. The van der Waals surface area contributed by atoms with Crippen molar-refractivity contribution in [1.82, 2.24) is 5.32 Å². The van der Waals surface area contributed by atoms with Crippen LogP contribution in [0, 0.1) is 5.41 Å². The van der Waals surface area contributed by atoms with Gasteiger partial charge in [-0.1, -0.05) is 63.7 Å². The Morgan fingerprint density at radius 1 is 1.07 bits per heavy atom. The van der Waals surface area contributed by atoms with Crippen LogP contribution in [0.3, 0.4) is 0 Å². The maximum Gasteiger partial charge on any atom is 0.251 e. The van der Waals surface area contributed by atoms with Gasteiger partial charge in [0.05, 0.1) is 5.71 Å². The third kappa shape index (κ3) is 5.48. The largest absolute Gasteiger partial charge is 0.348 e. The van der Waals surface area contributed by atoms with Crippen LogP contribution < -0.4 is 5.32 Å². The summed E-state index contributed by atoms with van der Waals surface area (Å²) >= 11 is 0. The van der Waals surface area contributed by atoms with Gasteiger partial charge in [0, 0.05) is 17.7 Å². The number of carbonyl (C=O) groups excluding carboxylic acids is 1. The van der Waals surface area contributed by atoms with Crippen LogP contribution in [0.2, 0.25) is 0 Å². The number of nitrogens with one attached hydrogen (secondary N) is 2. The number of aliphatic imine (C=N–C) groups is 1. The van der Waals surface area contributed by atoms with E-state index in [-0.39, 0.29) is 11.3 Å². The molecule has 0 aliphatic carbocycles. The predicted octanol–water partition coefficient (Wildman–Crippen LogP) is 4.89. The van der Waals surface area contributed by atoms with Crippen LogP contribution in [-0.4, -0.2) is 18.0 Å². The van der Waals surface area contributed by atoms with Gasteiger partial charge in [-0.25, -0.2) is 4.99 Å². The highest BCUT2D eigenvalue weighted by atomic mass is 16.1. The minimum Gasteiger partial charge on any atom is -0.348 e. The van der Waals surface area contributed by atoms with Gasteiger partial charge < -0.3 is 5.32 Å². The average molecular weight is 361 g/mol. The molecular formula is C23H27N3O. The van der Waals surface area contributed by atoms with Crippen LogP contribution in [0.1, 0.15) is 54.7 Å². The maximum atomic E-state index is 12.4. The molecule has 0 fully saturated rings. The zero-order valence-corrected chi connectivity index (χ0v) is 16.5. The summed E-state index contributed by atoms with van der Waals surface area (Å²) in [6, 6.07) is 15.5. The monoisotopic (exact) mass is 361 g/mol. The van der Waals surface area contributed by atoms with Gasteiger partial charge in [0.25, 0.3) is 5.91 Å². The van der Waals surface area contributed by atoms with Crippen molar-refractivity contribution in [3.05, 3.63) is 82.9 Å². The first kappa shape index (κ1) is 20.3. The van der Waals surface area contributed by atoms with Crippen molar-refractivity contribution in [2.75, 3.05) is 0 Å². The molecule has 0 aliphatic rings. The molecule has 0 unspecified atom stereocenters. The third-order valence-corrected chi connectivity index (χ3v) is 4.29. The molecule has 2 aromatic rings. The summed E-state index contributed by atoms with van der Waals surface area (Å²) < 4.78 is 0. The predicted molar refractivity (Wildman–Crippen MR) is 113 cm³/mol. The summed E-state index contributed by atoms with van der Waals surface area (Å²) in [7, 11) is 0. The van der Waals surface area contributed by atoms with Crippen molar-refractivity contribution in [3.63, 3.8) is 0 Å².